The number of likely N-dealkylation sites (tertiary alicyclic amines) is 1. The van der Waals surface area contributed by atoms with Crippen LogP contribution in [0.2, 0.25) is 5.02 Å². The van der Waals surface area contributed by atoms with Gasteiger partial charge in [-0.25, -0.2) is 27.6 Å². The molecule has 356 valence electrons. The number of piperidine rings is 1. The van der Waals surface area contributed by atoms with Crippen LogP contribution in [0.4, 0.5) is 11.4 Å². The van der Waals surface area contributed by atoms with Crippen LogP contribution in [0.25, 0.3) is 33.3 Å². The molecule has 3 saturated heterocycles. The fraction of sp³-hybridized carbons (Fsp3) is 0.412. The second-order valence-corrected chi connectivity index (χ2v) is 21.6. The zero-order chi connectivity index (χ0) is 47.2. The number of carbonyl (C=O) groups excluding carboxylic acids is 1. The van der Waals surface area contributed by atoms with E-state index >= 15 is 0 Å². The number of allylic oxidation sites excluding steroid dienone is 1. The van der Waals surface area contributed by atoms with E-state index in [0.29, 0.717) is 34.1 Å². The molecule has 0 bridgehead atoms. The maximum absolute atomic E-state index is 14.3. The molecule has 0 unspecified atom stereocenters. The second kappa shape index (κ2) is 19.0. The number of fused-ring (bicyclic) bond motifs is 2. The lowest BCUT2D eigenvalue weighted by Crippen LogP contribution is -2.47. The lowest BCUT2D eigenvalue weighted by molar-refractivity contribution is 0.0262. The van der Waals surface area contributed by atoms with Crippen molar-refractivity contribution in [1.82, 2.24) is 34.3 Å². The number of aromatic carboxylic acids is 1. The number of ether oxygens (including phenoxy) is 1. The number of piperazine rings is 1. The summed E-state index contributed by atoms with van der Waals surface area (Å²) in [5.74, 6) is -2.16. The molecule has 0 radical (unpaired) electrons. The van der Waals surface area contributed by atoms with Crippen LogP contribution < -0.4 is 14.9 Å². The highest BCUT2D eigenvalue weighted by Crippen LogP contribution is 2.43. The fourth-order valence-electron chi connectivity index (χ4n) is 10.5. The Hall–Kier alpha value is -5.78. The lowest BCUT2D eigenvalue weighted by Gasteiger charge is -2.39. The number of aromatic amines is 1. The van der Waals surface area contributed by atoms with Gasteiger partial charge < -0.3 is 29.9 Å². The van der Waals surface area contributed by atoms with E-state index in [1.807, 2.05) is 36.4 Å². The number of benzene rings is 3. The molecule has 1 aliphatic carbocycles. The first kappa shape index (κ1) is 46.0. The van der Waals surface area contributed by atoms with Crippen LogP contribution in [0.1, 0.15) is 85.1 Å². The largest absolute Gasteiger partial charge is 0.478 e. The molecule has 6 heterocycles. The molecule has 0 spiro atoms. The topological polar surface area (TPSA) is 178 Å². The van der Waals surface area contributed by atoms with Gasteiger partial charge in [0.05, 0.1) is 33.4 Å². The quantitative estimate of drug-likeness (QED) is 0.0926. The number of carboxylic acids is 1. The number of anilines is 2. The highest BCUT2D eigenvalue weighted by Gasteiger charge is 2.32. The lowest BCUT2D eigenvalue weighted by atomic mass is 9.72. The third kappa shape index (κ3) is 9.74. The Kier molecular flexibility index (Phi) is 12.8. The van der Waals surface area contributed by atoms with Crippen molar-refractivity contribution >= 4 is 72.5 Å². The van der Waals surface area contributed by atoms with Gasteiger partial charge in [-0.15, -0.1) is 0 Å². The minimum absolute atomic E-state index is 0.0273. The highest BCUT2D eigenvalue weighted by molar-refractivity contribution is 7.90. The van der Waals surface area contributed by atoms with Crippen LogP contribution in [0, 0.1) is 5.41 Å². The van der Waals surface area contributed by atoms with E-state index in [1.54, 1.807) is 23.1 Å². The van der Waals surface area contributed by atoms with Gasteiger partial charge in [0.15, 0.2) is 0 Å². The molecular weight excluding hydrogens is 902 g/mol. The van der Waals surface area contributed by atoms with Gasteiger partial charge in [-0.2, -0.15) is 5.10 Å². The maximum Gasteiger partial charge on any atom is 0.337 e. The number of carbonyl (C=O) groups is 2. The minimum Gasteiger partial charge on any atom is -0.478 e. The summed E-state index contributed by atoms with van der Waals surface area (Å²) in [6.45, 7) is 12.0. The first-order valence-electron chi connectivity index (χ1n) is 23.7. The Morgan fingerprint density at radius 1 is 0.912 bits per heavy atom. The number of amides is 1. The normalized spacial score (nSPS) is 19.2. The van der Waals surface area contributed by atoms with Crippen molar-refractivity contribution in [3.8, 4) is 5.69 Å². The molecule has 4 N–H and O–H groups in total. The first-order valence-corrected chi connectivity index (χ1v) is 25.6. The second-order valence-electron chi connectivity index (χ2n) is 19.5. The van der Waals surface area contributed by atoms with Crippen molar-refractivity contribution in [2.75, 3.05) is 69.2 Å². The molecule has 0 atom stereocenters. The average Bonchev–Trinajstić information content (AvgIpc) is 3.98. The highest BCUT2D eigenvalue weighted by atomic mass is 35.5. The number of sulfonamides is 1. The van der Waals surface area contributed by atoms with Gasteiger partial charge in [-0.3, -0.25) is 9.69 Å². The Balaban J connectivity index is 0.884. The van der Waals surface area contributed by atoms with E-state index in [9.17, 15) is 23.1 Å². The van der Waals surface area contributed by atoms with Gasteiger partial charge in [0, 0.05) is 99.1 Å². The van der Waals surface area contributed by atoms with Crippen LogP contribution in [0.3, 0.4) is 0 Å². The van der Waals surface area contributed by atoms with Crippen LogP contribution in [0.15, 0.2) is 95.7 Å². The smallest absolute Gasteiger partial charge is 0.337 e. The van der Waals surface area contributed by atoms with E-state index in [-0.39, 0.29) is 27.5 Å². The molecule has 6 aromatic rings. The number of halogens is 1. The zero-order valence-electron chi connectivity index (χ0n) is 38.5. The monoisotopic (exact) mass is 959 g/mol. The molecule has 68 heavy (non-hydrogen) atoms. The Labute approximate surface area is 401 Å². The predicted molar refractivity (Wildman–Crippen MR) is 265 cm³/mol. The van der Waals surface area contributed by atoms with Crippen molar-refractivity contribution in [3.05, 3.63) is 112 Å². The molecular formula is C51H58ClN9O6S. The molecule has 17 heteroatoms. The Morgan fingerprint density at radius 3 is 2.43 bits per heavy atom. The van der Waals surface area contributed by atoms with E-state index in [0.717, 1.165) is 126 Å². The van der Waals surface area contributed by atoms with Gasteiger partial charge in [-0.05, 0) is 122 Å². The van der Waals surface area contributed by atoms with E-state index in [1.165, 1.54) is 28.8 Å². The molecule has 15 nitrogen and oxygen atoms in total. The molecule has 3 aromatic heterocycles. The average molecular weight is 961 g/mol. The molecule has 10 rings (SSSR count). The molecule has 1 amide bonds. The van der Waals surface area contributed by atoms with E-state index in [4.69, 9.17) is 21.3 Å². The number of rotatable bonds is 12. The summed E-state index contributed by atoms with van der Waals surface area (Å²) in [5, 5.41) is 19.9. The standard InChI is InChI=1S/C51H58ClN9O6S/c1-51(2)17-11-35(43(30-51)33-3-5-36(52)6-4-33)32-58-21-23-60(24-22-58)39-7-9-41(46(28-39)61-47-27-34-12-18-53-48(34)56-45(47)31-54-61)49(62)57-68(65,66)40-8-10-44(42(29-40)50(63)64)55-37-13-19-59(20-14-37)38-15-25-67-26-16-38/h3-10,12,18,27-29,31,37-38,55H,11,13-17,19-26,30,32H2,1-2H3,(H,53,56)(H,57,62)(H,63,64). The molecule has 4 aliphatic rings. The summed E-state index contributed by atoms with van der Waals surface area (Å²) in [6, 6.07) is 21.9. The molecule has 3 aromatic carbocycles. The molecule has 3 fully saturated rings. The third-order valence-corrected chi connectivity index (χ3v) is 16.0. The van der Waals surface area contributed by atoms with Crippen molar-refractivity contribution in [2.24, 2.45) is 5.41 Å². The van der Waals surface area contributed by atoms with Crippen LogP contribution in [0.5, 0.6) is 0 Å². The zero-order valence-corrected chi connectivity index (χ0v) is 40.1. The SMILES string of the molecule is CC1(C)CCC(CN2CCN(c3ccc(C(=O)NS(=O)(=O)c4ccc(NC5CCN(C6CCOCC6)CC5)c(C(=O)O)c4)c(-n4ncc5nc6[nH]ccc6cc54)c3)CC2)=C(c2ccc(Cl)cc2)C1. The summed E-state index contributed by atoms with van der Waals surface area (Å²) in [6.07, 6.45) is 10.3. The number of nitrogens with zero attached hydrogens (tertiary/aromatic N) is 6. The van der Waals surface area contributed by atoms with E-state index < -0.39 is 21.9 Å². The summed E-state index contributed by atoms with van der Waals surface area (Å²) in [5.41, 5.74) is 7.74. The van der Waals surface area contributed by atoms with Gasteiger partial charge in [0.1, 0.15) is 11.2 Å². The first-order chi connectivity index (χ1) is 32.8. The summed E-state index contributed by atoms with van der Waals surface area (Å²) in [7, 11) is -4.54. The predicted octanol–water partition coefficient (Wildman–Crippen LogP) is 8.21. The van der Waals surface area contributed by atoms with Gasteiger partial charge in [0.2, 0.25) is 0 Å². The van der Waals surface area contributed by atoms with Gasteiger partial charge in [0.25, 0.3) is 15.9 Å². The number of nitrogens with one attached hydrogen (secondary N) is 3. The Bertz CT molecular complexity index is 3000. The number of carboxylic acid groups (broad SMARTS) is 1. The number of hydrogen-bond acceptors (Lipinski definition) is 11. The van der Waals surface area contributed by atoms with Gasteiger partial charge in [-0.1, -0.05) is 43.2 Å². The summed E-state index contributed by atoms with van der Waals surface area (Å²) >= 11 is 6.27. The Morgan fingerprint density at radius 2 is 1.68 bits per heavy atom. The van der Waals surface area contributed by atoms with Crippen molar-refractivity contribution in [1.29, 1.82) is 0 Å². The van der Waals surface area contributed by atoms with Crippen molar-refractivity contribution in [3.63, 3.8) is 0 Å². The van der Waals surface area contributed by atoms with Crippen LogP contribution in [-0.4, -0.2) is 126 Å². The molecule has 0 saturated carbocycles. The van der Waals surface area contributed by atoms with Crippen LogP contribution >= 0.6 is 11.6 Å². The fourth-order valence-corrected chi connectivity index (χ4v) is 11.6. The number of pyridine rings is 1. The summed E-state index contributed by atoms with van der Waals surface area (Å²) in [4.78, 5) is 41.7. The van der Waals surface area contributed by atoms with Crippen molar-refractivity contribution in [2.45, 2.75) is 75.8 Å². The minimum atomic E-state index is -4.54. The number of hydrogen-bond donors (Lipinski definition) is 4. The van der Waals surface area contributed by atoms with Crippen molar-refractivity contribution < 1.29 is 27.9 Å². The van der Waals surface area contributed by atoms with E-state index in [2.05, 4.69) is 60.8 Å². The maximum atomic E-state index is 14.3. The summed E-state index contributed by atoms with van der Waals surface area (Å²) < 4.78 is 37.5. The number of H-pyrrole nitrogens is 1. The third-order valence-electron chi connectivity index (χ3n) is 14.4. The van der Waals surface area contributed by atoms with Gasteiger partial charge >= 0.3 is 5.97 Å². The van der Waals surface area contributed by atoms with Crippen LogP contribution in [-0.2, 0) is 14.8 Å². The molecule has 3 aliphatic heterocycles. The number of aromatic nitrogens is 4.